The maximum absolute atomic E-state index is 12.7. The summed E-state index contributed by atoms with van der Waals surface area (Å²) in [4.78, 5) is 17.1. The number of piperidine rings is 1. The van der Waals surface area contributed by atoms with Gasteiger partial charge >= 0.3 is 0 Å². The van der Waals surface area contributed by atoms with Crippen LogP contribution in [0.25, 0.3) is 0 Å². The van der Waals surface area contributed by atoms with E-state index in [0.717, 1.165) is 52.0 Å². The van der Waals surface area contributed by atoms with Gasteiger partial charge in [0, 0.05) is 39.0 Å². The molecule has 0 unspecified atom stereocenters. The average Bonchev–Trinajstić information content (AvgIpc) is 3.09. The first kappa shape index (κ1) is 15.3. The Labute approximate surface area is 127 Å². The van der Waals surface area contributed by atoms with Gasteiger partial charge < -0.3 is 19.3 Å². The summed E-state index contributed by atoms with van der Waals surface area (Å²) in [6.07, 6.45) is 2.66. The van der Waals surface area contributed by atoms with Crippen molar-refractivity contribution in [3.05, 3.63) is 0 Å². The van der Waals surface area contributed by atoms with Crippen molar-refractivity contribution < 1.29 is 14.3 Å². The van der Waals surface area contributed by atoms with E-state index >= 15 is 0 Å². The lowest BCUT2D eigenvalue weighted by molar-refractivity contribution is -0.188. The molecule has 1 atom stereocenters. The maximum Gasteiger partial charge on any atom is 0.227 e. The molecule has 3 rings (SSSR count). The van der Waals surface area contributed by atoms with Crippen LogP contribution in [0.15, 0.2) is 0 Å². The van der Waals surface area contributed by atoms with Crippen molar-refractivity contribution in [2.45, 2.75) is 38.9 Å². The van der Waals surface area contributed by atoms with E-state index in [4.69, 9.17) is 9.47 Å². The lowest BCUT2D eigenvalue weighted by Gasteiger charge is -2.38. The van der Waals surface area contributed by atoms with Crippen molar-refractivity contribution in [1.29, 1.82) is 0 Å². The van der Waals surface area contributed by atoms with Crippen LogP contribution < -0.4 is 0 Å². The summed E-state index contributed by atoms with van der Waals surface area (Å²) in [7, 11) is 0. The zero-order chi connectivity index (χ0) is 14.9. The minimum absolute atomic E-state index is 0.197. The summed E-state index contributed by atoms with van der Waals surface area (Å²) in [6.45, 7) is 10.5. The summed E-state index contributed by atoms with van der Waals surface area (Å²) in [5, 5.41) is 0. The number of nitrogens with zero attached hydrogens (tertiary/aromatic N) is 2. The molecular weight excluding hydrogens is 268 g/mol. The van der Waals surface area contributed by atoms with Gasteiger partial charge in [0.15, 0.2) is 5.79 Å². The molecule has 5 heteroatoms. The first-order chi connectivity index (χ1) is 10.1. The van der Waals surface area contributed by atoms with Gasteiger partial charge in [-0.2, -0.15) is 0 Å². The molecule has 0 aromatic heterocycles. The molecular formula is C16H28N2O3. The number of rotatable bonds is 3. The van der Waals surface area contributed by atoms with Crippen LogP contribution in [0.3, 0.4) is 0 Å². The maximum atomic E-state index is 12.7. The molecule has 0 aromatic rings. The third-order valence-corrected chi connectivity index (χ3v) is 4.90. The Morgan fingerprint density at radius 1 is 1.19 bits per heavy atom. The highest BCUT2D eigenvalue weighted by molar-refractivity contribution is 5.79. The zero-order valence-electron chi connectivity index (χ0n) is 13.3. The lowest BCUT2D eigenvalue weighted by atomic mass is 10.0. The van der Waals surface area contributed by atoms with E-state index in [1.807, 2.05) is 4.90 Å². The predicted octanol–water partition coefficient (Wildman–Crippen LogP) is 1.33. The van der Waals surface area contributed by atoms with Gasteiger partial charge in [0.05, 0.1) is 19.1 Å². The molecule has 3 saturated heterocycles. The summed E-state index contributed by atoms with van der Waals surface area (Å²) < 4.78 is 11.5. The molecule has 1 spiro atoms. The fourth-order valence-electron chi connectivity index (χ4n) is 3.83. The quantitative estimate of drug-likeness (QED) is 0.788. The molecule has 3 fully saturated rings. The molecule has 5 nitrogen and oxygen atoms in total. The van der Waals surface area contributed by atoms with E-state index < -0.39 is 0 Å². The van der Waals surface area contributed by atoms with E-state index in [1.165, 1.54) is 0 Å². The second-order valence-electron chi connectivity index (χ2n) is 7.07. The number of hydrogen-bond donors (Lipinski definition) is 0. The second-order valence-corrected chi connectivity index (χ2v) is 7.07. The van der Waals surface area contributed by atoms with E-state index in [-0.39, 0.29) is 11.7 Å². The van der Waals surface area contributed by atoms with Gasteiger partial charge in [-0.25, -0.2) is 0 Å². The fourth-order valence-corrected chi connectivity index (χ4v) is 3.83. The highest BCUT2D eigenvalue weighted by atomic mass is 16.7. The van der Waals surface area contributed by atoms with Crippen LogP contribution in [-0.4, -0.2) is 67.4 Å². The van der Waals surface area contributed by atoms with Crippen molar-refractivity contribution in [2.24, 2.45) is 11.8 Å². The van der Waals surface area contributed by atoms with Crippen molar-refractivity contribution in [1.82, 2.24) is 9.80 Å². The molecule has 3 aliphatic heterocycles. The third kappa shape index (κ3) is 3.41. The lowest BCUT2D eigenvalue weighted by Crippen LogP contribution is -2.49. The van der Waals surface area contributed by atoms with E-state index in [2.05, 4.69) is 18.7 Å². The van der Waals surface area contributed by atoms with E-state index in [0.29, 0.717) is 25.0 Å². The van der Waals surface area contributed by atoms with E-state index in [9.17, 15) is 4.79 Å². The zero-order valence-corrected chi connectivity index (χ0v) is 13.3. The van der Waals surface area contributed by atoms with Crippen LogP contribution in [0.5, 0.6) is 0 Å². The Hall–Kier alpha value is -0.650. The van der Waals surface area contributed by atoms with Gasteiger partial charge in [0.25, 0.3) is 0 Å². The number of ether oxygens (including phenoxy) is 2. The van der Waals surface area contributed by atoms with Gasteiger partial charge in [0.1, 0.15) is 0 Å². The van der Waals surface area contributed by atoms with Crippen molar-refractivity contribution >= 4 is 5.91 Å². The number of likely N-dealkylation sites (tertiary alicyclic amines) is 2. The van der Waals surface area contributed by atoms with Gasteiger partial charge in [-0.05, 0) is 18.9 Å². The van der Waals surface area contributed by atoms with Gasteiger partial charge in [-0.1, -0.05) is 13.8 Å². The van der Waals surface area contributed by atoms with Crippen molar-refractivity contribution in [2.75, 3.05) is 45.9 Å². The van der Waals surface area contributed by atoms with E-state index in [1.54, 1.807) is 0 Å². The Morgan fingerprint density at radius 2 is 1.86 bits per heavy atom. The normalized spacial score (nSPS) is 29.7. The average molecular weight is 296 g/mol. The molecule has 21 heavy (non-hydrogen) atoms. The number of carbonyl (C=O) groups excluding carboxylic acids is 1. The topological polar surface area (TPSA) is 42.0 Å². The third-order valence-electron chi connectivity index (χ3n) is 4.90. The van der Waals surface area contributed by atoms with Crippen LogP contribution in [-0.2, 0) is 14.3 Å². The molecule has 0 radical (unpaired) electrons. The molecule has 0 aliphatic carbocycles. The van der Waals surface area contributed by atoms with Gasteiger partial charge in [-0.15, -0.1) is 0 Å². The molecule has 0 aromatic carbocycles. The molecule has 0 saturated carbocycles. The van der Waals surface area contributed by atoms with Crippen LogP contribution >= 0.6 is 0 Å². The van der Waals surface area contributed by atoms with Crippen LogP contribution in [0.1, 0.15) is 33.1 Å². The molecule has 3 aliphatic rings. The Balaban J connectivity index is 1.48. The Bertz CT molecular complexity index is 370. The van der Waals surface area contributed by atoms with Gasteiger partial charge in [-0.3, -0.25) is 4.79 Å². The molecule has 1 amide bonds. The largest absolute Gasteiger partial charge is 0.347 e. The van der Waals surface area contributed by atoms with Crippen LogP contribution in [0.2, 0.25) is 0 Å². The SMILES string of the molecule is CC(C)CN1CC[C@H](C(=O)N2CCC3(CC2)OCCO3)C1. The highest BCUT2D eigenvalue weighted by Gasteiger charge is 2.42. The predicted molar refractivity (Wildman–Crippen MR) is 79.8 cm³/mol. The smallest absolute Gasteiger partial charge is 0.227 e. The molecule has 120 valence electrons. The molecule has 0 bridgehead atoms. The monoisotopic (exact) mass is 296 g/mol. The van der Waals surface area contributed by atoms with Crippen LogP contribution in [0.4, 0.5) is 0 Å². The summed E-state index contributed by atoms with van der Waals surface area (Å²) >= 11 is 0. The van der Waals surface area contributed by atoms with Crippen molar-refractivity contribution in [3.8, 4) is 0 Å². The summed E-state index contributed by atoms with van der Waals surface area (Å²) in [5.74, 6) is 0.832. The minimum atomic E-state index is -0.379. The first-order valence-corrected chi connectivity index (χ1v) is 8.37. The second kappa shape index (κ2) is 6.23. The van der Waals surface area contributed by atoms with Crippen molar-refractivity contribution in [3.63, 3.8) is 0 Å². The highest BCUT2D eigenvalue weighted by Crippen LogP contribution is 2.32. The first-order valence-electron chi connectivity index (χ1n) is 8.37. The Morgan fingerprint density at radius 3 is 2.48 bits per heavy atom. The fraction of sp³-hybridized carbons (Fsp3) is 0.938. The number of amides is 1. The number of carbonyl (C=O) groups is 1. The van der Waals surface area contributed by atoms with Gasteiger partial charge in [0.2, 0.25) is 5.91 Å². The number of hydrogen-bond acceptors (Lipinski definition) is 4. The minimum Gasteiger partial charge on any atom is -0.347 e. The summed E-state index contributed by atoms with van der Waals surface area (Å²) in [6, 6.07) is 0. The van der Waals surface area contributed by atoms with Crippen LogP contribution in [0, 0.1) is 11.8 Å². The molecule has 0 N–H and O–H groups in total. The summed E-state index contributed by atoms with van der Waals surface area (Å²) in [5.41, 5.74) is 0. The standard InChI is InChI=1S/C16H28N2O3/c1-13(2)11-17-6-3-14(12-17)15(19)18-7-4-16(5-8-18)20-9-10-21-16/h13-14H,3-12H2,1-2H3/t14-/m0/s1. The molecule has 3 heterocycles. The Kier molecular flexibility index (Phi) is 4.52.